The number of ether oxygens (including phenoxy) is 1. The maximum atomic E-state index is 7.00. The topological polar surface area (TPSA) is 32.7 Å². The molecule has 0 heterocycles. The molecule has 0 radical (unpaired) electrons. The minimum absolute atomic E-state index is 0.826. The van der Waals surface area contributed by atoms with Crippen molar-refractivity contribution in [1.82, 2.24) is 4.90 Å². The molecule has 0 saturated carbocycles. The summed E-state index contributed by atoms with van der Waals surface area (Å²) in [6.07, 6.45) is 0. The summed E-state index contributed by atoms with van der Waals surface area (Å²) in [5.41, 5.74) is 0. The Morgan fingerprint density at radius 1 is 1.18 bits per heavy atom. The first kappa shape index (κ1) is 17.1. The number of aliphatic hydroxyl groups is 1. The van der Waals surface area contributed by atoms with Crippen LogP contribution in [0.5, 0.6) is 0 Å². The van der Waals surface area contributed by atoms with Crippen LogP contribution in [0.1, 0.15) is 13.8 Å². The number of hydrogen-bond acceptors (Lipinski definition) is 3. The van der Waals surface area contributed by atoms with Gasteiger partial charge in [-0.05, 0) is 14.1 Å². The SMILES string of the molecule is CC.CO.COCCN(C)C. The second-order valence-electron chi connectivity index (χ2n) is 1.80. The molecule has 72 valence electrons. The molecule has 0 spiro atoms. The quantitative estimate of drug-likeness (QED) is 0.672. The molecular formula is C8H23NO2. The molecular weight excluding hydrogens is 142 g/mol. The first-order chi connectivity index (χ1) is 5.27. The lowest BCUT2D eigenvalue weighted by Crippen LogP contribution is -2.16. The Hall–Kier alpha value is -0.120. The zero-order valence-corrected chi connectivity index (χ0v) is 8.72. The Kier molecular flexibility index (Phi) is 35.0. The average molecular weight is 165 g/mol. The number of hydrogen-bond donors (Lipinski definition) is 1. The van der Waals surface area contributed by atoms with Gasteiger partial charge in [0.25, 0.3) is 0 Å². The molecule has 1 N–H and O–H groups in total. The smallest absolute Gasteiger partial charge is 0.0589 e. The lowest BCUT2D eigenvalue weighted by atomic mass is 10.6. The second kappa shape index (κ2) is 22.5. The normalized spacial score (nSPS) is 7.64. The van der Waals surface area contributed by atoms with E-state index in [-0.39, 0.29) is 0 Å². The van der Waals surface area contributed by atoms with Crippen LogP contribution in [-0.4, -0.2) is 51.5 Å². The summed E-state index contributed by atoms with van der Waals surface area (Å²) >= 11 is 0. The molecule has 0 aromatic rings. The van der Waals surface area contributed by atoms with Crippen LogP contribution in [-0.2, 0) is 4.74 Å². The first-order valence-corrected chi connectivity index (χ1v) is 3.85. The largest absolute Gasteiger partial charge is 0.400 e. The van der Waals surface area contributed by atoms with Crippen molar-refractivity contribution in [1.29, 1.82) is 0 Å². The molecule has 0 aromatic carbocycles. The van der Waals surface area contributed by atoms with Gasteiger partial charge >= 0.3 is 0 Å². The van der Waals surface area contributed by atoms with Crippen molar-refractivity contribution in [3.05, 3.63) is 0 Å². The van der Waals surface area contributed by atoms with Gasteiger partial charge in [-0.1, -0.05) is 13.8 Å². The first-order valence-electron chi connectivity index (χ1n) is 3.85. The number of nitrogens with zero attached hydrogens (tertiary/aromatic N) is 1. The molecule has 11 heavy (non-hydrogen) atoms. The number of aliphatic hydroxyl groups excluding tert-OH is 1. The van der Waals surface area contributed by atoms with Gasteiger partial charge in [-0.2, -0.15) is 0 Å². The Bertz CT molecular complexity index is 41.1. The molecule has 0 bridgehead atoms. The van der Waals surface area contributed by atoms with Crippen molar-refractivity contribution in [3.63, 3.8) is 0 Å². The van der Waals surface area contributed by atoms with Crippen molar-refractivity contribution >= 4 is 0 Å². The molecule has 0 aliphatic rings. The lowest BCUT2D eigenvalue weighted by Gasteiger charge is -2.06. The van der Waals surface area contributed by atoms with Gasteiger partial charge < -0.3 is 14.7 Å². The van der Waals surface area contributed by atoms with E-state index in [2.05, 4.69) is 4.90 Å². The van der Waals surface area contributed by atoms with Gasteiger partial charge in [0.1, 0.15) is 0 Å². The van der Waals surface area contributed by atoms with Crippen LogP contribution in [0.2, 0.25) is 0 Å². The average Bonchev–Trinajstić information content (AvgIpc) is 2.08. The van der Waals surface area contributed by atoms with E-state index in [1.807, 2.05) is 27.9 Å². The Morgan fingerprint density at radius 3 is 1.64 bits per heavy atom. The second-order valence-corrected chi connectivity index (χ2v) is 1.80. The van der Waals surface area contributed by atoms with Crippen LogP contribution in [0.3, 0.4) is 0 Å². The minimum Gasteiger partial charge on any atom is -0.400 e. The van der Waals surface area contributed by atoms with E-state index in [1.165, 1.54) is 0 Å². The number of rotatable bonds is 3. The van der Waals surface area contributed by atoms with E-state index in [0.29, 0.717) is 0 Å². The predicted molar refractivity (Wildman–Crippen MR) is 49.9 cm³/mol. The van der Waals surface area contributed by atoms with Crippen molar-refractivity contribution < 1.29 is 9.84 Å². The van der Waals surface area contributed by atoms with Crippen LogP contribution in [0.4, 0.5) is 0 Å². The highest BCUT2D eigenvalue weighted by molar-refractivity contribution is 4.36. The Morgan fingerprint density at radius 2 is 1.55 bits per heavy atom. The highest BCUT2D eigenvalue weighted by atomic mass is 16.5. The van der Waals surface area contributed by atoms with Gasteiger partial charge in [0.05, 0.1) is 6.61 Å². The Balaban J connectivity index is -0.000000138. The predicted octanol–water partition coefficient (Wildman–Crippen LogP) is 0.829. The highest BCUT2D eigenvalue weighted by Gasteiger charge is 1.83. The molecule has 0 aromatic heterocycles. The third kappa shape index (κ3) is 40.8. The summed E-state index contributed by atoms with van der Waals surface area (Å²) in [6, 6.07) is 0. The van der Waals surface area contributed by atoms with Crippen molar-refractivity contribution in [2.45, 2.75) is 13.8 Å². The van der Waals surface area contributed by atoms with E-state index in [1.54, 1.807) is 7.11 Å². The summed E-state index contributed by atoms with van der Waals surface area (Å²) in [5, 5.41) is 7.00. The van der Waals surface area contributed by atoms with Crippen LogP contribution in [0.25, 0.3) is 0 Å². The molecule has 3 heteroatoms. The summed E-state index contributed by atoms with van der Waals surface area (Å²) in [4.78, 5) is 2.09. The molecule has 0 atom stereocenters. The maximum Gasteiger partial charge on any atom is 0.0589 e. The zero-order valence-electron chi connectivity index (χ0n) is 8.72. The molecule has 0 rings (SSSR count). The fourth-order valence-corrected chi connectivity index (χ4v) is 0.274. The van der Waals surface area contributed by atoms with Gasteiger partial charge in [-0.25, -0.2) is 0 Å². The monoisotopic (exact) mass is 165 g/mol. The van der Waals surface area contributed by atoms with Gasteiger partial charge in [0.15, 0.2) is 0 Å². The van der Waals surface area contributed by atoms with Crippen molar-refractivity contribution in [2.75, 3.05) is 41.5 Å². The highest BCUT2D eigenvalue weighted by Crippen LogP contribution is 1.71. The molecule has 0 saturated heterocycles. The fourth-order valence-electron chi connectivity index (χ4n) is 0.274. The van der Waals surface area contributed by atoms with E-state index >= 15 is 0 Å². The third-order valence-corrected chi connectivity index (χ3v) is 0.743. The van der Waals surface area contributed by atoms with E-state index in [4.69, 9.17) is 9.84 Å². The molecule has 0 unspecified atom stereocenters. The van der Waals surface area contributed by atoms with E-state index in [9.17, 15) is 0 Å². The fraction of sp³-hybridized carbons (Fsp3) is 1.00. The lowest BCUT2D eigenvalue weighted by molar-refractivity contribution is 0.172. The molecule has 0 aliphatic carbocycles. The van der Waals surface area contributed by atoms with Crippen LogP contribution < -0.4 is 0 Å². The molecule has 3 nitrogen and oxygen atoms in total. The van der Waals surface area contributed by atoms with Gasteiger partial charge in [-0.15, -0.1) is 0 Å². The number of likely N-dealkylation sites (N-methyl/N-ethyl adjacent to an activating group) is 1. The molecule has 0 amide bonds. The molecule has 0 aliphatic heterocycles. The van der Waals surface area contributed by atoms with Gasteiger partial charge in [0.2, 0.25) is 0 Å². The van der Waals surface area contributed by atoms with Crippen molar-refractivity contribution in [3.8, 4) is 0 Å². The van der Waals surface area contributed by atoms with Crippen LogP contribution in [0.15, 0.2) is 0 Å². The van der Waals surface area contributed by atoms with Gasteiger partial charge in [0, 0.05) is 20.8 Å². The van der Waals surface area contributed by atoms with Crippen LogP contribution in [0, 0.1) is 0 Å². The summed E-state index contributed by atoms with van der Waals surface area (Å²) in [5.74, 6) is 0. The minimum atomic E-state index is 0.826. The van der Waals surface area contributed by atoms with E-state index < -0.39 is 0 Å². The third-order valence-electron chi connectivity index (χ3n) is 0.743. The summed E-state index contributed by atoms with van der Waals surface area (Å²) < 4.78 is 4.81. The number of methoxy groups -OCH3 is 1. The van der Waals surface area contributed by atoms with E-state index in [0.717, 1.165) is 20.3 Å². The van der Waals surface area contributed by atoms with Crippen LogP contribution >= 0.6 is 0 Å². The Labute approximate surface area is 71.0 Å². The standard InChI is InChI=1S/C5H13NO.C2H6.CH4O/c1-6(2)4-5-7-3;2*1-2/h4-5H2,1-3H3;1-2H3;2H,1H3. The zero-order chi connectivity index (χ0) is 9.70. The molecule has 0 fully saturated rings. The maximum absolute atomic E-state index is 7.00. The van der Waals surface area contributed by atoms with Crippen molar-refractivity contribution in [2.24, 2.45) is 0 Å². The summed E-state index contributed by atoms with van der Waals surface area (Å²) in [7, 11) is 6.77. The summed E-state index contributed by atoms with van der Waals surface area (Å²) in [6.45, 7) is 5.84. The van der Waals surface area contributed by atoms with Gasteiger partial charge in [-0.3, -0.25) is 0 Å².